The average Bonchev–Trinajstić information content (AvgIpc) is 2.42. The molecule has 7 nitrogen and oxygen atoms in total. The highest BCUT2D eigenvalue weighted by atomic mass is 35.5. The van der Waals surface area contributed by atoms with E-state index in [4.69, 9.17) is 11.8 Å². The second-order valence-corrected chi connectivity index (χ2v) is 2.68. The molecule has 0 fully saturated rings. The number of H-pyrrole nitrogens is 3. The van der Waals surface area contributed by atoms with Crippen LogP contribution in [0.3, 0.4) is 0 Å². The normalized spacial score (nSPS) is 10.1. The molecule has 76 valence electrons. The van der Waals surface area contributed by atoms with Crippen LogP contribution in [0.15, 0.2) is 14.4 Å². The maximum absolute atomic E-state index is 11.2. The summed E-state index contributed by atoms with van der Waals surface area (Å²) < 4.78 is 0.353. The van der Waals surface area contributed by atoms with Gasteiger partial charge >= 0.3 is 11.4 Å². The van der Waals surface area contributed by atoms with Gasteiger partial charge < -0.3 is 0 Å². The van der Waals surface area contributed by atoms with Crippen LogP contribution in [0.2, 0.25) is 0 Å². The Bertz CT molecular complexity index is 633. The number of rotatable bonds is 0. The van der Waals surface area contributed by atoms with Gasteiger partial charge in [0.25, 0.3) is 5.56 Å². The van der Waals surface area contributed by atoms with Gasteiger partial charge in [0.2, 0.25) is 0 Å². The molecule has 2 heterocycles. The van der Waals surface area contributed by atoms with Crippen LogP contribution in [0.5, 0.6) is 0 Å². The van der Waals surface area contributed by atoms with Crippen molar-refractivity contribution in [3.8, 4) is 0 Å². The van der Waals surface area contributed by atoms with Crippen molar-refractivity contribution in [2.45, 2.75) is 0 Å². The van der Waals surface area contributed by atoms with Gasteiger partial charge in [-0.15, -0.1) is 12.4 Å². The predicted molar refractivity (Wildman–Crippen MR) is 52.3 cm³/mol. The van der Waals surface area contributed by atoms with E-state index in [1.807, 2.05) is 0 Å². The molecule has 0 aliphatic rings. The van der Waals surface area contributed by atoms with E-state index >= 15 is 0 Å². The summed E-state index contributed by atoms with van der Waals surface area (Å²) in [5.41, 5.74) is -2.16. The number of hydrogen-bond donors (Lipinski definition) is 3. The summed E-state index contributed by atoms with van der Waals surface area (Å²) in [6, 6.07) is 0. The second-order valence-electron chi connectivity index (χ2n) is 2.35. The molecule has 0 spiro atoms. The fourth-order valence-corrected chi connectivity index (χ4v) is 1.11. The van der Waals surface area contributed by atoms with Gasteiger partial charge in [0.05, 0.1) is 0 Å². The lowest BCUT2D eigenvalue weighted by atomic mass is 10.5. The molecule has 2 aromatic rings. The third-order valence-electron chi connectivity index (χ3n) is 1.53. The van der Waals surface area contributed by atoms with Crippen LogP contribution >= 0.6 is 24.2 Å². The first-order chi connectivity index (χ1) is 6.09. The first-order valence-corrected chi connectivity index (χ1v) is 3.57. The number of aromatic nitrogens is 4. The summed E-state index contributed by atoms with van der Waals surface area (Å²) in [7, 11) is 0. The molecule has 2 aromatic heterocycles. The van der Waals surface area contributed by atoms with Gasteiger partial charge in [-0.3, -0.25) is 19.7 Å². The SMILES string of the molecule is Cl.O=c1[nH]c2[nH]c(=O)n(Cl)c(=O)c2[nH]1. The molecule has 0 aliphatic carbocycles. The Kier molecular flexibility index (Phi) is 2.54. The highest BCUT2D eigenvalue weighted by Crippen LogP contribution is 1.91. The van der Waals surface area contributed by atoms with Gasteiger partial charge in [-0.05, 0) is 0 Å². The van der Waals surface area contributed by atoms with E-state index in [0.29, 0.717) is 4.09 Å². The van der Waals surface area contributed by atoms with Crippen molar-refractivity contribution < 1.29 is 0 Å². The van der Waals surface area contributed by atoms with Crippen LogP contribution in [0.4, 0.5) is 0 Å². The Morgan fingerprint density at radius 3 is 2.36 bits per heavy atom. The monoisotopic (exact) mass is 238 g/mol. The smallest absolute Gasteiger partial charge is 0.300 e. The van der Waals surface area contributed by atoms with Crippen molar-refractivity contribution >= 4 is 35.3 Å². The molecule has 0 radical (unpaired) electrons. The summed E-state index contributed by atoms with van der Waals surface area (Å²) >= 11 is 5.29. The van der Waals surface area contributed by atoms with E-state index in [0.717, 1.165) is 0 Å². The Morgan fingerprint density at radius 1 is 1.07 bits per heavy atom. The zero-order chi connectivity index (χ0) is 9.59. The standard InChI is InChI=1S/C5H3ClN4O3.ClH/c6-10-3(11)1-2(9-5(10)13)8-4(12)7-1;/h(H,9,13)(H2,7,8,12);1H. The molecular formula is C5H4Cl2N4O3. The third-order valence-corrected chi connectivity index (χ3v) is 1.84. The van der Waals surface area contributed by atoms with Crippen LogP contribution in [0.1, 0.15) is 0 Å². The fraction of sp³-hybridized carbons (Fsp3) is 0. The minimum Gasteiger partial charge on any atom is -0.300 e. The number of fused-ring (bicyclic) bond motifs is 1. The Morgan fingerprint density at radius 2 is 1.71 bits per heavy atom. The zero-order valence-electron chi connectivity index (χ0n) is 6.46. The highest BCUT2D eigenvalue weighted by molar-refractivity contribution is 6.15. The summed E-state index contributed by atoms with van der Waals surface area (Å²) in [5.74, 6) is 0. The van der Waals surface area contributed by atoms with Gasteiger partial charge in [0.15, 0.2) is 5.52 Å². The van der Waals surface area contributed by atoms with Crippen molar-refractivity contribution in [1.82, 2.24) is 19.0 Å². The Labute approximate surface area is 86.2 Å². The molecule has 2 rings (SSSR count). The van der Waals surface area contributed by atoms with Crippen LogP contribution in [-0.4, -0.2) is 19.0 Å². The zero-order valence-corrected chi connectivity index (χ0v) is 8.03. The summed E-state index contributed by atoms with van der Waals surface area (Å²) in [4.78, 5) is 39.5. The molecule has 0 saturated heterocycles. The Hall–Kier alpha value is -1.47. The molecule has 0 saturated carbocycles. The van der Waals surface area contributed by atoms with Crippen LogP contribution in [0, 0.1) is 0 Å². The van der Waals surface area contributed by atoms with Gasteiger partial charge in [-0.1, -0.05) is 0 Å². The van der Waals surface area contributed by atoms with E-state index < -0.39 is 16.9 Å². The Balaban J connectivity index is 0.000000980. The van der Waals surface area contributed by atoms with Crippen molar-refractivity contribution in [3.63, 3.8) is 0 Å². The molecule has 9 heteroatoms. The molecule has 0 amide bonds. The molecule has 0 atom stereocenters. The number of halogens is 2. The van der Waals surface area contributed by atoms with Gasteiger partial charge in [-0.2, -0.15) is 4.09 Å². The summed E-state index contributed by atoms with van der Waals surface area (Å²) in [6.07, 6.45) is 0. The quantitative estimate of drug-likeness (QED) is 0.556. The molecule has 0 unspecified atom stereocenters. The van der Waals surface area contributed by atoms with E-state index in [2.05, 4.69) is 15.0 Å². The van der Waals surface area contributed by atoms with Crippen LogP contribution in [0.25, 0.3) is 11.2 Å². The van der Waals surface area contributed by atoms with E-state index in [-0.39, 0.29) is 23.6 Å². The second kappa shape index (κ2) is 3.35. The molecule has 0 bridgehead atoms. The molecule has 0 aromatic carbocycles. The lowest BCUT2D eigenvalue weighted by Gasteiger charge is -1.90. The number of imidazole rings is 1. The third kappa shape index (κ3) is 1.36. The fourth-order valence-electron chi connectivity index (χ4n) is 0.984. The van der Waals surface area contributed by atoms with Crippen molar-refractivity contribution in [1.29, 1.82) is 0 Å². The van der Waals surface area contributed by atoms with Gasteiger partial charge in [0.1, 0.15) is 5.65 Å². The predicted octanol–water partition coefficient (Wildman–Crippen LogP) is -0.870. The average molecular weight is 239 g/mol. The maximum atomic E-state index is 11.2. The van der Waals surface area contributed by atoms with Crippen LogP contribution in [-0.2, 0) is 0 Å². The van der Waals surface area contributed by atoms with Crippen molar-refractivity contribution in [3.05, 3.63) is 31.3 Å². The number of nitrogens with zero attached hydrogens (tertiary/aromatic N) is 1. The lowest BCUT2D eigenvalue weighted by Crippen LogP contribution is -2.29. The minimum absolute atomic E-state index is 0. The van der Waals surface area contributed by atoms with Crippen molar-refractivity contribution in [2.24, 2.45) is 0 Å². The number of aromatic amines is 3. The van der Waals surface area contributed by atoms with E-state index in [9.17, 15) is 14.4 Å². The van der Waals surface area contributed by atoms with E-state index in [1.165, 1.54) is 0 Å². The molecular weight excluding hydrogens is 235 g/mol. The highest BCUT2D eigenvalue weighted by Gasteiger charge is 2.07. The number of nitrogens with one attached hydrogen (secondary N) is 3. The van der Waals surface area contributed by atoms with Gasteiger partial charge in [-0.25, -0.2) is 9.59 Å². The molecule has 14 heavy (non-hydrogen) atoms. The first-order valence-electron chi connectivity index (χ1n) is 3.23. The minimum atomic E-state index is -0.797. The molecule has 0 aliphatic heterocycles. The van der Waals surface area contributed by atoms with Gasteiger partial charge in [0, 0.05) is 11.8 Å². The molecule has 3 N–H and O–H groups in total. The van der Waals surface area contributed by atoms with Crippen molar-refractivity contribution in [2.75, 3.05) is 0 Å². The maximum Gasteiger partial charge on any atom is 0.345 e. The number of hydrogen-bond acceptors (Lipinski definition) is 3. The van der Waals surface area contributed by atoms with E-state index in [1.54, 1.807) is 0 Å². The summed E-state index contributed by atoms with van der Waals surface area (Å²) in [5, 5.41) is 0. The largest absolute Gasteiger partial charge is 0.345 e. The lowest BCUT2D eigenvalue weighted by molar-refractivity contribution is 0.993. The topological polar surface area (TPSA) is 104 Å². The van der Waals surface area contributed by atoms with Crippen LogP contribution < -0.4 is 16.9 Å². The first kappa shape index (κ1) is 10.6. The summed E-state index contributed by atoms with van der Waals surface area (Å²) in [6.45, 7) is 0.